The van der Waals surface area contributed by atoms with Crippen LogP contribution in [-0.4, -0.2) is 35.5 Å². The van der Waals surface area contributed by atoms with E-state index >= 15 is 0 Å². The number of hydrogen-bond acceptors (Lipinski definition) is 4. The van der Waals surface area contributed by atoms with Gasteiger partial charge in [0.15, 0.2) is 0 Å². The van der Waals surface area contributed by atoms with E-state index in [2.05, 4.69) is 18.3 Å². The van der Waals surface area contributed by atoms with E-state index in [1.54, 1.807) is 16.7 Å². The Hall–Kier alpha value is -1.46. The molecule has 112 valence electrons. The van der Waals surface area contributed by atoms with Crippen molar-refractivity contribution in [1.82, 2.24) is 10.2 Å². The summed E-state index contributed by atoms with van der Waals surface area (Å²) in [7, 11) is 1.87. The van der Waals surface area contributed by atoms with Gasteiger partial charge in [-0.05, 0) is 6.07 Å². The first-order chi connectivity index (χ1) is 10.2. The summed E-state index contributed by atoms with van der Waals surface area (Å²) >= 11 is 1.77. The summed E-state index contributed by atoms with van der Waals surface area (Å²) in [5.74, 6) is 2.85. The van der Waals surface area contributed by atoms with Crippen LogP contribution in [0.2, 0.25) is 0 Å². The van der Waals surface area contributed by atoms with Crippen molar-refractivity contribution in [3.05, 3.63) is 35.6 Å². The van der Waals surface area contributed by atoms with E-state index in [0.717, 1.165) is 40.3 Å². The van der Waals surface area contributed by atoms with Crippen molar-refractivity contribution < 1.29 is 9.21 Å². The molecule has 4 nitrogen and oxygen atoms in total. The van der Waals surface area contributed by atoms with Crippen molar-refractivity contribution in [1.29, 1.82) is 0 Å². The largest absolute Gasteiger partial charge is 0.461 e. The quantitative estimate of drug-likeness (QED) is 0.943. The van der Waals surface area contributed by atoms with E-state index in [4.69, 9.17) is 4.42 Å². The Balaban J connectivity index is 1.84. The number of para-hydroxylation sites is 1. The molecule has 2 heterocycles. The lowest BCUT2D eigenvalue weighted by molar-refractivity contribution is -0.131. The second kappa shape index (κ2) is 6.12. The molecule has 2 aromatic rings. The molecule has 1 unspecified atom stereocenters. The first-order valence-corrected chi connectivity index (χ1v) is 8.41. The number of nitrogens with one attached hydrogen (secondary N) is 1. The van der Waals surface area contributed by atoms with E-state index in [9.17, 15) is 4.79 Å². The minimum absolute atomic E-state index is 0.0526. The van der Waals surface area contributed by atoms with Gasteiger partial charge < -0.3 is 9.32 Å². The molecule has 1 fully saturated rings. The number of thioether (sulfide) groups is 1. The molecule has 1 aliphatic heterocycles. The summed E-state index contributed by atoms with van der Waals surface area (Å²) in [4.78, 5) is 14.2. The zero-order chi connectivity index (χ0) is 14.8. The van der Waals surface area contributed by atoms with Gasteiger partial charge in [0.05, 0.1) is 6.04 Å². The molecule has 0 spiro atoms. The van der Waals surface area contributed by atoms with Crippen LogP contribution >= 0.6 is 11.8 Å². The lowest BCUT2D eigenvalue weighted by Gasteiger charge is -2.21. The number of hydrogen-bond donors (Lipinski definition) is 1. The van der Waals surface area contributed by atoms with E-state index in [1.165, 1.54) is 0 Å². The summed E-state index contributed by atoms with van der Waals surface area (Å²) in [6.07, 6.45) is 0.837. The Morgan fingerprint density at radius 2 is 2.29 bits per heavy atom. The summed E-state index contributed by atoms with van der Waals surface area (Å²) < 4.78 is 5.90. The van der Waals surface area contributed by atoms with Crippen molar-refractivity contribution >= 4 is 28.6 Å². The third-order valence-corrected chi connectivity index (χ3v) is 4.83. The number of carbonyl (C=O) groups excluding carboxylic acids is 1. The number of rotatable bonds is 4. The van der Waals surface area contributed by atoms with Crippen LogP contribution in [-0.2, 0) is 17.8 Å². The molecular formula is C16H20N2O2S. The molecule has 1 saturated heterocycles. The summed E-state index contributed by atoms with van der Waals surface area (Å²) in [6.45, 7) is 2.68. The monoisotopic (exact) mass is 304 g/mol. The average molecular weight is 304 g/mol. The van der Waals surface area contributed by atoms with Gasteiger partial charge >= 0.3 is 0 Å². The van der Waals surface area contributed by atoms with Crippen molar-refractivity contribution in [3.8, 4) is 0 Å². The zero-order valence-electron chi connectivity index (χ0n) is 12.4. The number of amides is 1. The second-order valence-electron chi connectivity index (χ2n) is 5.32. The predicted octanol–water partition coefficient (Wildman–Crippen LogP) is 2.62. The average Bonchev–Trinajstić information content (AvgIpc) is 3.14. The molecular weight excluding hydrogens is 284 g/mol. The van der Waals surface area contributed by atoms with E-state index in [-0.39, 0.29) is 11.9 Å². The molecule has 3 rings (SSSR count). The van der Waals surface area contributed by atoms with Crippen LogP contribution in [0, 0.1) is 0 Å². The van der Waals surface area contributed by atoms with Crippen LogP contribution in [0.3, 0.4) is 0 Å². The molecule has 1 N–H and O–H groups in total. The summed E-state index contributed by atoms with van der Waals surface area (Å²) in [6, 6.07) is 7.98. The molecule has 5 heteroatoms. The Kier molecular flexibility index (Phi) is 4.22. The fraction of sp³-hybridized carbons (Fsp3) is 0.438. The third kappa shape index (κ3) is 2.80. The van der Waals surface area contributed by atoms with Crippen molar-refractivity contribution in [2.45, 2.75) is 25.9 Å². The topological polar surface area (TPSA) is 45.5 Å². The van der Waals surface area contributed by atoms with Gasteiger partial charge in [-0.15, -0.1) is 11.8 Å². The Bertz CT molecular complexity index is 647. The SMILES string of the molecule is CCc1oc2ccccc2c1CN(C)C(=O)C1CSCN1. The van der Waals surface area contributed by atoms with Gasteiger partial charge in [-0.1, -0.05) is 25.1 Å². The van der Waals surface area contributed by atoms with E-state index in [1.807, 2.05) is 25.2 Å². The minimum atomic E-state index is -0.0526. The van der Waals surface area contributed by atoms with E-state index in [0.29, 0.717) is 6.54 Å². The van der Waals surface area contributed by atoms with Crippen LogP contribution in [0.15, 0.2) is 28.7 Å². The fourth-order valence-electron chi connectivity index (χ4n) is 2.74. The lowest BCUT2D eigenvalue weighted by Crippen LogP contribution is -2.42. The van der Waals surface area contributed by atoms with Crippen LogP contribution in [0.1, 0.15) is 18.2 Å². The van der Waals surface area contributed by atoms with Crippen molar-refractivity contribution in [2.24, 2.45) is 0 Å². The Morgan fingerprint density at radius 3 is 3.00 bits per heavy atom. The maximum absolute atomic E-state index is 12.4. The van der Waals surface area contributed by atoms with Crippen LogP contribution < -0.4 is 5.32 Å². The molecule has 21 heavy (non-hydrogen) atoms. The highest BCUT2D eigenvalue weighted by Crippen LogP contribution is 2.27. The third-order valence-electron chi connectivity index (χ3n) is 3.89. The number of likely N-dealkylation sites (N-methyl/N-ethyl adjacent to an activating group) is 1. The number of fused-ring (bicyclic) bond motifs is 1. The summed E-state index contributed by atoms with van der Waals surface area (Å²) in [5.41, 5.74) is 2.04. The molecule has 1 aromatic carbocycles. The van der Waals surface area contributed by atoms with Crippen LogP contribution in [0.5, 0.6) is 0 Å². The predicted molar refractivity (Wildman–Crippen MR) is 86.3 cm³/mol. The molecule has 1 aromatic heterocycles. The fourth-order valence-corrected chi connectivity index (χ4v) is 3.68. The van der Waals surface area contributed by atoms with Gasteiger partial charge in [-0.2, -0.15) is 0 Å². The molecule has 0 bridgehead atoms. The smallest absolute Gasteiger partial charge is 0.240 e. The number of nitrogens with zero attached hydrogens (tertiary/aromatic N) is 1. The highest BCUT2D eigenvalue weighted by molar-refractivity contribution is 7.99. The number of benzene rings is 1. The molecule has 1 aliphatic rings. The molecule has 0 saturated carbocycles. The Labute approximate surface area is 128 Å². The molecule has 0 aliphatic carbocycles. The zero-order valence-corrected chi connectivity index (χ0v) is 13.2. The first-order valence-electron chi connectivity index (χ1n) is 7.26. The van der Waals surface area contributed by atoms with Gasteiger partial charge in [0.1, 0.15) is 11.3 Å². The maximum Gasteiger partial charge on any atom is 0.240 e. The number of carbonyl (C=O) groups is 1. The van der Waals surface area contributed by atoms with Crippen molar-refractivity contribution in [3.63, 3.8) is 0 Å². The van der Waals surface area contributed by atoms with Gasteiger partial charge in [0.2, 0.25) is 5.91 Å². The van der Waals surface area contributed by atoms with E-state index < -0.39 is 0 Å². The molecule has 1 amide bonds. The lowest BCUT2D eigenvalue weighted by atomic mass is 10.1. The van der Waals surface area contributed by atoms with Crippen LogP contribution in [0.25, 0.3) is 11.0 Å². The van der Waals surface area contributed by atoms with Gasteiger partial charge in [0, 0.05) is 42.6 Å². The van der Waals surface area contributed by atoms with Crippen molar-refractivity contribution in [2.75, 3.05) is 18.7 Å². The number of furan rings is 1. The first kappa shape index (κ1) is 14.5. The standard InChI is InChI=1S/C16H20N2O2S/c1-3-14-12(11-6-4-5-7-15(11)20-14)8-18(2)16(19)13-9-21-10-17-13/h4-7,13,17H,3,8-10H2,1-2H3. The maximum atomic E-state index is 12.4. The van der Waals surface area contributed by atoms with Gasteiger partial charge in [0.25, 0.3) is 0 Å². The number of aryl methyl sites for hydroxylation is 1. The van der Waals surface area contributed by atoms with Gasteiger partial charge in [-0.25, -0.2) is 0 Å². The highest BCUT2D eigenvalue weighted by Gasteiger charge is 2.26. The molecule has 1 atom stereocenters. The summed E-state index contributed by atoms with van der Waals surface area (Å²) in [5, 5.41) is 4.34. The second-order valence-corrected chi connectivity index (χ2v) is 6.35. The van der Waals surface area contributed by atoms with Crippen LogP contribution in [0.4, 0.5) is 0 Å². The minimum Gasteiger partial charge on any atom is -0.461 e. The van der Waals surface area contributed by atoms with Gasteiger partial charge in [-0.3, -0.25) is 10.1 Å². The highest BCUT2D eigenvalue weighted by atomic mass is 32.2. The molecule has 0 radical (unpaired) electrons. The normalized spacial score (nSPS) is 18.3. The Morgan fingerprint density at radius 1 is 1.48 bits per heavy atom.